The lowest BCUT2D eigenvalue weighted by molar-refractivity contribution is -0.119. The van der Waals surface area contributed by atoms with E-state index in [-0.39, 0.29) is 21.2 Å². The zero-order chi connectivity index (χ0) is 23.4. The van der Waals surface area contributed by atoms with Gasteiger partial charge in [-0.25, -0.2) is 13.2 Å². The van der Waals surface area contributed by atoms with Gasteiger partial charge in [-0.15, -0.1) is 10.2 Å². The van der Waals surface area contributed by atoms with Gasteiger partial charge in [-0.3, -0.25) is 9.20 Å². The number of nitrogens with one attached hydrogen (secondary N) is 1. The molecule has 1 N–H and O–H groups in total. The fourth-order valence-corrected chi connectivity index (χ4v) is 5.25. The largest absolute Gasteiger partial charge is 0.452 e. The van der Waals surface area contributed by atoms with Gasteiger partial charge in [0.25, 0.3) is 5.91 Å². The number of aromatic nitrogens is 3. The Morgan fingerprint density at radius 3 is 2.61 bits per heavy atom. The second-order valence-electron chi connectivity index (χ2n) is 7.60. The normalized spacial score (nSPS) is 15.2. The maximum absolute atomic E-state index is 13.0. The molecule has 0 spiro atoms. The average Bonchev–Trinajstić information content (AvgIpc) is 3.09. The summed E-state index contributed by atoms with van der Waals surface area (Å²) in [6, 6.07) is 7.27. The van der Waals surface area contributed by atoms with Crippen LogP contribution in [-0.2, 0) is 19.6 Å². The zero-order valence-corrected chi connectivity index (χ0v) is 19.2. The minimum atomic E-state index is -3.71. The number of benzene rings is 1. The van der Waals surface area contributed by atoms with Gasteiger partial charge in [-0.2, -0.15) is 4.31 Å². The maximum Gasteiger partial charge on any atom is 0.340 e. The Kier molecular flexibility index (Phi) is 6.91. The van der Waals surface area contributed by atoms with E-state index in [9.17, 15) is 18.0 Å². The number of hydrogen-bond donors (Lipinski definition) is 1. The molecule has 0 saturated carbocycles. The molecule has 0 radical (unpaired) electrons. The van der Waals surface area contributed by atoms with Gasteiger partial charge in [0.2, 0.25) is 10.0 Å². The lowest BCUT2D eigenvalue weighted by Crippen LogP contribution is -2.32. The monoisotopic (exact) mass is 491 g/mol. The van der Waals surface area contributed by atoms with Gasteiger partial charge in [0, 0.05) is 19.3 Å². The first kappa shape index (κ1) is 23.1. The standard InChI is InChI=1S/C21H22ClN5O5S/c22-17-7-6-16(33(30,31)27-9-3-1-2-4-10-27)11-18(17)24-20(28)13-32-21(29)15-5-8-19-25-23-14-26(19)12-15/h5-8,11-12,14H,1-4,9-10,13H2,(H,24,28). The van der Waals surface area contributed by atoms with Crippen LogP contribution >= 0.6 is 11.6 Å². The van der Waals surface area contributed by atoms with Crippen molar-refractivity contribution in [2.75, 3.05) is 25.0 Å². The minimum Gasteiger partial charge on any atom is -0.452 e. The summed E-state index contributed by atoms with van der Waals surface area (Å²) in [6.45, 7) is 0.353. The van der Waals surface area contributed by atoms with Crippen LogP contribution in [0.1, 0.15) is 36.0 Å². The highest BCUT2D eigenvalue weighted by molar-refractivity contribution is 7.89. The Hall–Kier alpha value is -3.02. The maximum atomic E-state index is 13.0. The lowest BCUT2D eigenvalue weighted by Gasteiger charge is -2.20. The lowest BCUT2D eigenvalue weighted by atomic mass is 10.2. The van der Waals surface area contributed by atoms with Gasteiger partial charge in [0.15, 0.2) is 12.3 Å². The van der Waals surface area contributed by atoms with Crippen molar-refractivity contribution in [3.05, 3.63) is 53.4 Å². The summed E-state index contributed by atoms with van der Waals surface area (Å²) in [5, 5.41) is 10.3. The Morgan fingerprint density at radius 2 is 1.85 bits per heavy atom. The van der Waals surface area contributed by atoms with Crippen molar-refractivity contribution in [1.29, 1.82) is 0 Å². The fourth-order valence-electron chi connectivity index (χ4n) is 3.54. The summed E-state index contributed by atoms with van der Waals surface area (Å²) >= 11 is 6.16. The van der Waals surface area contributed by atoms with Crippen LogP contribution in [0.2, 0.25) is 5.02 Å². The van der Waals surface area contributed by atoms with Crippen molar-refractivity contribution in [3.63, 3.8) is 0 Å². The Morgan fingerprint density at radius 1 is 1.09 bits per heavy atom. The van der Waals surface area contributed by atoms with Gasteiger partial charge < -0.3 is 10.1 Å². The number of rotatable bonds is 6. The molecule has 3 aromatic rings. The van der Waals surface area contributed by atoms with Crippen molar-refractivity contribution in [2.24, 2.45) is 0 Å². The number of sulfonamides is 1. The first-order valence-corrected chi connectivity index (χ1v) is 12.2. The molecule has 0 atom stereocenters. The Bertz CT molecular complexity index is 1290. The van der Waals surface area contributed by atoms with Gasteiger partial charge >= 0.3 is 5.97 Å². The summed E-state index contributed by atoms with van der Waals surface area (Å²) in [7, 11) is -3.71. The third-order valence-corrected chi connectivity index (χ3v) is 7.50. The van der Waals surface area contributed by atoms with Crippen LogP contribution in [0.5, 0.6) is 0 Å². The Labute approximate surface area is 195 Å². The third-order valence-electron chi connectivity index (χ3n) is 5.28. The summed E-state index contributed by atoms with van der Waals surface area (Å²) < 4.78 is 34.1. The van der Waals surface area contributed by atoms with E-state index >= 15 is 0 Å². The highest BCUT2D eigenvalue weighted by Crippen LogP contribution is 2.28. The molecule has 0 aliphatic carbocycles. The molecule has 174 valence electrons. The topological polar surface area (TPSA) is 123 Å². The van der Waals surface area contributed by atoms with Crippen LogP contribution in [0.3, 0.4) is 0 Å². The third kappa shape index (κ3) is 5.32. The molecule has 1 amide bonds. The van der Waals surface area contributed by atoms with Crippen LogP contribution in [0.25, 0.3) is 5.65 Å². The molecule has 12 heteroatoms. The van der Waals surface area contributed by atoms with Crippen molar-refractivity contribution in [2.45, 2.75) is 30.6 Å². The second-order valence-corrected chi connectivity index (χ2v) is 9.94. The molecule has 1 fully saturated rings. The van der Waals surface area contributed by atoms with Gasteiger partial charge in [0.05, 0.1) is 21.2 Å². The van der Waals surface area contributed by atoms with Crippen LogP contribution < -0.4 is 5.32 Å². The molecular weight excluding hydrogens is 470 g/mol. The second kappa shape index (κ2) is 9.86. The number of nitrogens with zero attached hydrogens (tertiary/aromatic N) is 4. The average molecular weight is 492 g/mol. The van der Waals surface area contributed by atoms with Gasteiger partial charge in [0.1, 0.15) is 6.33 Å². The molecular formula is C21H22ClN5O5S. The summed E-state index contributed by atoms with van der Waals surface area (Å²) in [6.07, 6.45) is 6.55. The van der Waals surface area contributed by atoms with Gasteiger partial charge in [-0.05, 0) is 43.2 Å². The first-order valence-electron chi connectivity index (χ1n) is 10.4. The van der Waals surface area contributed by atoms with E-state index in [0.29, 0.717) is 18.7 Å². The van der Waals surface area contributed by atoms with Crippen LogP contribution in [-0.4, -0.2) is 58.9 Å². The zero-order valence-electron chi connectivity index (χ0n) is 17.6. The number of ether oxygens (including phenoxy) is 1. The molecule has 3 heterocycles. The highest BCUT2D eigenvalue weighted by Gasteiger charge is 2.26. The van der Waals surface area contributed by atoms with E-state index < -0.39 is 28.5 Å². The van der Waals surface area contributed by atoms with Crippen LogP contribution in [0.4, 0.5) is 5.69 Å². The quantitative estimate of drug-likeness (QED) is 0.526. The van der Waals surface area contributed by atoms with Crippen molar-refractivity contribution < 1.29 is 22.7 Å². The van der Waals surface area contributed by atoms with Crippen molar-refractivity contribution in [1.82, 2.24) is 18.9 Å². The van der Waals surface area contributed by atoms with Crippen LogP contribution in [0.15, 0.2) is 47.8 Å². The van der Waals surface area contributed by atoms with E-state index in [2.05, 4.69) is 15.5 Å². The molecule has 2 aromatic heterocycles. The van der Waals surface area contributed by atoms with Crippen LogP contribution in [0, 0.1) is 0 Å². The van der Waals surface area contributed by atoms with E-state index in [1.165, 1.54) is 41.1 Å². The molecule has 1 saturated heterocycles. The summed E-state index contributed by atoms with van der Waals surface area (Å²) in [5.74, 6) is -1.36. The molecule has 10 nitrogen and oxygen atoms in total. The summed E-state index contributed by atoms with van der Waals surface area (Å²) in [4.78, 5) is 24.6. The first-order chi connectivity index (χ1) is 15.8. The number of hydrogen-bond acceptors (Lipinski definition) is 7. The molecule has 0 unspecified atom stereocenters. The fraction of sp³-hybridized carbons (Fsp3) is 0.333. The van der Waals surface area contributed by atoms with E-state index in [1.807, 2.05) is 0 Å². The summed E-state index contributed by atoms with van der Waals surface area (Å²) in [5.41, 5.74) is 0.909. The Balaban J connectivity index is 1.41. The van der Waals surface area contributed by atoms with Crippen molar-refractivity contribution in [3.8, 4) is 0 Å². The minimum absolute atomic E-state index is 0.0448. The predicted molar refractivity (Wildman–Crippen MR) is 121 cm³/mol. The molecule has 1 aromatic carbocycles. The van der Waals surface area contributed by atoms with E-state index in [0.717, 1.165) is 25.7 Å². The number of carbonyl (C=O) groups excluding carboxylic acids is 2. The van der Waals surface area contributed by atoms with Crippen molar-refractivity contribution >= 4 is 44.8 Å². The molecule has 33 heavy (non-hydrogen) atoms. The van der Waals surface area contributed by atoms with E-state index in [4.69, 9.17) is 16.3 Å². The molecule has 1 aliphatic rings. The molecule has 0 bridgehead atoms. The number of anilines is 1. The number of fused-ring (bicyclic) bond motifs is 1. The number of halogens is 1. The predicted octanol–water partition coefficient (Wildman–Crippen LogP) is 2.74. The number of carbonyl (C=O) groups is 2. The number of esters is 1. The SMILES string of the molecule is O=C(COC(=O)c1ccc2nncn2c1)Nc1cc(S(=O)(=O)N2CCCCCC2)ccc1Cl. The number of amides is 1. The molecule has 4 rings (SSSR count). The van der Waals surface area contributed by atoms with E-state index in [1.54, 1.807) is 10.5 Å². The molecule has 1 aliphatic heterocycles. The highest BCUT2D eigenvalue weighted by atomic mass is 35.5. The smallest absolute Gasteiger partial charge is 0.340 e. The van der Waals surface area contributed by atoms with Gasteiger partial charge in [-0.1, -0.05) is 24.4 Å². The number of pyridine rings is 1.